The highest BCUT2D eigenvalue weighted by molar-refractivity contribution is 6.25. The molecule has 0 bridgehead atoms. The van der Waals surface area contributed by atoms with Crippen LogP contribution in [0.25, 0.3) is 5.76 Å². The molecule has 37 heavy (non-hydrogen) atoms. The van der Waals surface area contributed by atoms with Gasteiger partial charge in [0.2, 0.25) is 11.4 Å². The zero-order valence-corrected chi connectivity index (χ0v) is 20.6. The predicted molar refractivity (Wildman–Crippen MR) is 126 cm³/mol. The Labute approximate surface area is 211 Å². The monoisotopic (exact) mass is 516 g/mol. The molecule has 3 aliphatic carbocycles. The van der Waals surface area contributed by atoms with Crippen LogP contribution in [0.3, 0.4) is 0 Å². The molecule has 12 nitrogen and oxygen atoms in total. The van der Waals surface area contributed by atoms with Crippen LogP contribution in [0, 0.1) is 11.8 Å². The number of rotatable bonds is 4. The minimum atomic E-state index is -2.85. The van der Waals surface area contributed by atoms with Gasteiger partial charge in [-0.3, -0.25) is 24.1 Å². The molecule has 0 aliphatic heterocycles. The van der Waals surface area contributed by atoms with Crippen LogP contribution in [0.4, 0.5) is 0 Å². The van der Waals surface area contributed by atoms with E-state index in [0.717, 1.165) is 0 Å². The molecule has 4 rings (SSSR count). The molecule has 1 saturated carbocycles. The number of nitrogens with zero attached hydrogens (tertiary/aromatic N) is 1. The number of phenolic OH excluding ortho intramolecular Hbond substituents is 1. The lowest BCUT2D eigenvalue weighted by Gasteiger charge is -2.56. The molecular weight excluding hydrogens is 488 g/mol. The quantitative estimate of drug-likeness (QED) is 0.223. The van der Waals surface area contributed by atoms with E-state index in [4.69, 9.17) is 10.5 Å². The number of carbonyl (C=O) groups is 4. The van der Waals surface area contributed by atoms with Crippen LogP contribution in [0.15, 0.2) is 35.1 Å². The Kier molecular flexibility index (Phi) is 5.98. The number of aromatic hydroxyl groups is 1. The number of aliphatic hydroxyl groups excluding tert-OH is 3. The van der Waals surface area contributed by atoms with E-state index in [1.54, 1.807) is 0 Å². The summed E-state index contributed by atoms with van der Waals surface area (Å²) < 4.78 is 5.49. The van der Waals surface area contributed by atoms with Crippen molar-refractivity contribution in [1.29, 1.82) is 0 Å². The third kappa shape index (κ3) is 3.26. The van der Waals surface area contributed by atoms with E-state index in [-0.39, 0.29) is 17.5 Å². The van der Waals surface area contributed by atoms with Gasteiger partial charge in [-0.1, -0.05) is 19.1 Å². The number of esters is 1. The Morgan fingerprint density at radius 2 is 1.78 bits per heavy atom. The molecule has 1 aromatic carbocycles. The Morgan fingerprint density at radius 3 is 2.32 bits per heavy atom. The van der Waals surface area contributed by atoms with Crippen molar-refractivity contribution in [3.05, 3.63) is 46.2 Å². The maximum atomic E-state index is 14.3. The standard InChI is InChI=1S/C25H28N2O10/c1-5-11(29)37-25-16(17(27(3)4)19(31)14(22(25)34)23(26)35)20(32)15-13(21(25)33)18(30)12-9(24(15,2)36)7-6-8-10(12)28/h6-8,15-17,20,28,30,32,34,36H,5H2,1-4H3,(H2,26,35)/t15-,16-,17+,20+,24-,25+/m1/s1. The smallest absolute Gasteiger partial charge is 0.306 e. The van der Waals surface area contributed by atoms with E-state index < -0.39 is 87.0 Å². The molecule has 3 aliphatic rings. The minimum Gasteiger partial charge on any atom is -0.507 e. The number of nitrogens with two attached hydrogens (primary N) is 1. The highest BCUT2D eigenvalue weighted by Gasteiger charge is 2.72. The van der Waals surface area contributed by atoms with Crippen LogP contribution in [-0.2, 0) is 29.5 Å². The number of Topliss-reactive ketones (excluding diaryl/α,β-unsaturated/α-hetero) is 2. The van der Waals surface area contributed by atoms with E-state index in [9.17, 15) is 44.7 Å². The fourth-order valence-corrected chi connectivity index (χ4v) is 5.99. The molecule has 0 saturated heterocycles. The van der Waals surface area contributed by atoms with Gasteiger partial charge in [-0.25, -0.2) is 0 Å². The number of likely N-dealkylation sites (N-methyl/N-ethyl adjacent to an activating group) is 1. The zero-order chi connectivity index (χ0) is 27.8. The number of hydrogen-bond donors (Lipinski definition) is 6. The minimum absolute atomic E-state index is 0.00946. The summed E-state index contributed by atoms with van der Waals surface area (Å²) in [6.45, 7) is 2.65. The molecule has 12 heteroatoms. The maximum Gasteiger partial charge on any atom is 0.306 e. The van der Waals surface area contributed by atoms with Crippen molar-refractivity contribution in [2.75, 3.05) is 14.1 Å². The molecule has 6 atom stereocenters. The summed E-state index contributed by atoms with van der Waals surface area (Å²) in [7, 11) is 2.81. The van der Waals surface area contributed by atoms with Gasteiger partial charge < -0.3 is 36.0 Å². The van der Waals surface area contributed by atoms with Gasteiger partial charge in [0.1, 0.15) is 17.1 Å². The highest BCUT2D eigenvalue weighted by atomic mass is 16.6. The number of primary amides is 1. The molecular formula is C25H28N2O10. The molecule has 0 aromatic heterocycles. The highest BCUT2D eigenvalue weighted by Crippen LogP contribution is 2.58. The summed E-state index contributed by atoms with van der Waals surface area (Å²) >= 11 is 0. The average molecular weight is 517 g/mol. The molecule has 7 N–H and O–H groups in total. The van der Waals surface area contributed by atoms with E-state index in [0.29, 0.717) is 0 Å². The van der Waals surface area contributed by atoms with Crippen LogP contribution in [0.1, 0.15) is 31.4 Å². The van der Waals surface area contributed by atoms with Crippen LogP contribution in [0.5, 0.6) is 5.75 Å². The first kappa shape index (κ1) is 26.3. The number of hydrogen-bond acceptors (Lipinski definition) is 11. The zero-order valence-electron chi connectivity index (χ0n) is 20.6. The molecule has 0 spiro atoms. The predicted octanol–water partition coefficient (Wildman–Crippen LogP) is -0.439. The summed E-state index contributed by atoms with van der Waals surface area (Å²) in [4.78, 5) is 53.8. The van der Waals surface area contributed by atoms with Crippen LogP contribution in [-0.4, -0.2) is 85.7 Å². The lowest BCUT2D eigenvalue weighted by atomic mass is 9.53. The number of amides is 1. The first-order valence-corrected chi connectivity index (χ1v) is 11.5. The SMILES string of the molecule is CCC(=O)O[C@]12C(=O)C3=C(O)c4c(O)cccc4[C@@](C)(O)[C@H]3[C@H](O)[C@H]1[C@H](N(C)C)C(=O)C(C(N)=O)=C2O. The average Bonchev–Trinajstić information content (AvgIpc) is 2.80. The first-order valence-electron chi connectivity index (χ1n) is 11.5. The second-order valence-electron chi connectivity index (χ2n) is 9.86. The Balaban J connectivity index is 2.17. The van der Waals surface area contributed by atoms with E-state index >= 15 is 0 Å². The van der Waals surface area contributed by atoms with Crippen LogP contribution in [0.2, 0.25) is 0 Å². The molecule has 198 valence electrons. The summed E-state index contributed by atoms with van der Waals surface area (Å²) in [5, 5.41) is 56.3. The molecule has 0 heterocycles. The Hall–Kier alpha value is -3.74. The normalized spacial score (nSPS) is 33.2. The van der Waals surface area contributed by atoms with Crippen LogP contribution < -0.4 is 5.73 Å². The maximum absolute atomic E-state index is 14.3. The molecule has 0 radical (unpaired) electrons. The number of ketones is 2. The van der Waals surface area contributed by atoms with E-state index in [1.165, 1.54) is 51.0 Å². The summed E-state index contributed by atoms with van der Waals surface area (Å²) in [5.74, 6) is -10.7. The van der Waals surface area contributed by atoms with Crippen molar-refractivity contribution in [1.82, 2.24) is 4.90 Å². The Morgan fingerprint density at radius 1 is 1.16 bits per heavy atom. The lowest BCUT2D eigenvalue weighted by Crippen LogP contribution is -2.73. The van der Waals surface area contributed by atoms with Gasteiger partial charge in [-0.05, 0) is 32.6 Å². The van der Waals surface area contributed by atoms with Crippen molar-refractivity contribution in [2.24, 2.45) is 17.6 Å². The molecule has 1 amide bonds. The number of benzene rings is 1. The summed E-state index contributed by atoms with van der Waals surface area (Å²) in [6, 6.07) is 2.46. The second-order valence-corrected chi connectivity index (χ2v) is 9.86. The molecule has 0 unspecified atom stereocenters. The lowest BCUT2D eigenvalue weighted by molar-refractivity contribution is -0.199. The van der Waals surface area contributed by atoms with Gasteiger partial charge in [-0.2, -0.15) is 0 Å². The Bertz CT molecular complexity index is 1310. The number of carbonyl (C=O) groups excluding carboxylic acids is 4. The van der Waals surface area contributed by atoms with Gasteiger partial charge in [0.05, 0.1) is 40.7 Å². The third-order valence-corrected chi connectivity index (χ3v) is 7.57. The third-order valence-electron chi connectivity index (χ3n) is 7.57. The van der Waals surface area contributed by atoms with Gasteiger partial charge in [0.25, 0.3) is 5.91 Å². The number of phenols is 1. The van der Waals surface area contributed by atoms with Crippen molar-refractivity contribution < 1.29 is 49.4 Å². The number of fused-ring (bicyclic) bond motifs is 3. The summed E-state index contributed by atoms with van der Waals surface area (Å²) in [6.07, 6.45) is -2.20. The van der Waals surface area contributed by atoms with Crippen molar-refractivity contribution in [2.45, 2.75) is 43.6 Å². The molecule has 1 fully saturated rings. The van der Waals surface area contributed by atoms with E-state index in [2.05, 4.69) is 0 Å². The topological polar surface area (TPSA) is 208 Å². The van der Waals surface area contributed by atoms with Gasteiger partial charge in [0, 0.05) is 6.42 Å². The molecule has 1 aromatic rings. The van der Waals surface area contributed by atoms with Crippen molar-refractivity contribution in [3.8, 4) is 5.75 Å². The van der Waals surface area contributed by atoms with Gasteiger partial charge in [-0.15, -0.1) is 0 Å². The summed E-state index contributed by atoms with van der Waals surface area (Å²) in [5.41, 5.74) is -1.53. The fourth-order valence-electron chi connectivity index (χ4n) is 5.99. The van der Waals surface area contributed by atoms with Gasteiger partial charge in [0.15, 0.2) is 11.5 Å². The van der Waals surface area contributed by atoms with E-state index in [1.807, 2.05) is 0 Å². The van der Waals surface area contributed by atoms with Gasteiger partial charge >= 0.3 is 5.97 Å². The van der Waals surface area contributed by atoms with Crippen LogP contribution >= 0.6 is 0 Å². The largest absolute Gasteiger partial charge is 0.507 e. The van der Waals surface area contributed by atoms with Crippen molar-refractivity contribution >= 4 is 29.2 Å². The fraction of sp³-hybridized carbons (Fsp3) is 0.440. The number of ether oxygens (including phenoxy) is 1. The van der Waals surface area contributed by atoms with Crippen molar-refractivity contribution in [3.63, 3.8) is 0 Å². The number of aliphatic hydroxyl groups is 4. The first-order chi connectivity index (χ1) is 17.2. The second kappa shape index (κ2) is 8.40.